The molecule has 1 aromatic rings. The third-order valence-corrected chi connectivity index (χ3v) is 2.31. The van der Waals surface area contributed by atoms with Gasteiger partial charge in [0.15, 0.2) is 5.78 Å². The molecule has 0 spiro atoms. The van der Waals surface area contributed by atoms with E-state index in [2.05, 4.69) is 0 Å². The molecule has 0 aliphatic carbocycles. The van der Waals surface area contributed by atoms with Crippen molar-refractivity contribution in [3.63, 3.8) is 0 Å². The first-order valence-corrected chi connectivity index (χ1v) is 4.91. The molecule has 0 aromatic heterocycles. The highest BCUT2D eigenvalue weighted by Gasteiger charge is 2.21. The molecule has 16 heavy (non-hydrogen) atoms. The lowest BCUT2D eigenvalue weighted by Crippen LogP contribution is -2.13. The Labute approximate surface area is 93.5 Å². The van der Waals surface area contributed by atoms with Crippen molar-refractivity contribution in [3.8, 4) is 11.8 Å². The molecule has 0 saturated heterocycles. The lowest BCUT2D eigenvalue weighted by Gasteiger charge is -2.09. The number of nitriles is 1. The van der Waals surface area contributed by atoms with Gasteiger partial charge >= 0.3 is 0 Å². The minimum atomic E-state index is -0.754. The second-order valence-electron chi connectivity index (χ2n) is 3.30. The standard InChI is InChI=1S/C12H12FNO2/c1-3-8(7-14)12(15)10-6-9(13)4-5-11(10)16-2/h4-6,8H,3H2,1-2H3. The molecule has 1 rings (SSSR count). The van der Waals surface area contributed by atoms with E-state index in [0.717, 1.165) is 6.07 Å². The Kier molecular flexibility index (Phi) is 4.01. The van der Waals surface area contributed by atoms with E-state index in [1.165, 1.54) is 19.2 Å². The van der Waals surface area contributed by atoms with Crippen molar-refractivity contribution in [2.75, 3.05) is 7.11 Å². The highest BCUT2D eigenvalue weighted by atomic mass is 19.1. The van der Waals surface area contributed by atoms with Crippen LogP contribution in [0.4, 0.5) is 4.39 Å². The van der Waals surface area contributed by atoms with Crippen LogP contribution in [0.5, 0.6) is 5.75 Å². The molecular formula is C12H12FNO2. The fourth-order valence-electron chi connectivity index (χ4n) is 1.40. The van der Waals surface area contributed by atoms with E-state index in [1.54, 1.807) is 6.92 Å². The second kappa shape index (κ2) is 5.26. The number of rotatable bonds is 4. The van der Waals surface area contributed by atoms with Gasteiger partial charge in [0, 0.05) is 0 Å². The Morgan fingerprint density at radius 1 is 1.62 bits per heavy atom. The number of hydrogen-bond donors (Lipinski definition) is 0. The zero-order valence-electron chi connectivity index (χ0n) is 9.16. The third-order valence-electron chi connectivity index (χ3n) is 2.31. The molecule has 84 valence electrons. The van der Waals surface area contributed by atoms with Crippen molar-refractivity contribution in [3.05, 3.63) is 29.6 Å². The molecule has 0 saturated carbocycles. The van der Waals surface area contributed by atoms with Crippen LogP contribution in [0.3, 0.4) is 0 Å². The van der Waals surface area contributed by atoms with Gasteiger partial charge in [-0.2, -0.15) is 5.26 Å². The molecule has 1 atom stereocenters. The number of ketones is 1. The van der Waals surface area contributed by atoms with Gasteiger partial charge in [-0.25, -0.2) is 4.39 Å². The van der Waals surface area contributed by atoms with E-state index in [9.17, 15) is 9.18 Å². The molecule has 0 radical (unpaired) electrons. The summed E-state index contributed by atoms with van der Waals surface area (Å²) in [6, 6.07) is 5.58. The summed E-state index contributed by atoms with van der Waals surface area (Å²) in [6.45, 7) is 1.73. The van der Waals surface area contributed by atoms with Gasteiger partial charge in [-0.1, -0.05) is 6.92 Å². The first-order chi connectivity index (χ1) is 7.63. The third kappa shape index (κ3) is 2.37. The maximum atomic E-state index is 13.0. The molecule has 0 aliphatic heterocycles. The summed E-state index contributed by atoms with van der Waals surface area (Å²) in [6.07, 6.45) is 0.398. The van der Waals surface area contributed by atoms with Gasteiger partial charge in [0.2, 0.25) is 0 Å². The molecule has 4 heteroatoms. The Morgan fingerprint density at radius 3 is 2.81 bits per heavy atom. The average Bonchev–Trinajstić information content (AvgIpc) is 2.30. The Bertz CT molecular complexity index is 437. The van der Waals surface area contributed by atoms with Crippen LogP contribution in [-0.2, 0) is 0 Å². The zero-order valence-corrected chi connectivity index (χ0v) is 9.16. The van der Waals surface area contributed by atoms with Crippen LogP contribution in [-0.4, -0.2) is 12.9 Å². The maximum absolute atomic E-state index is 13.0. The van der Waals surface area contributed by atoms with E-state index in [4.69, 9.17) is 10.00 Å². The van der Waals surface area contributed by atoms with E-state index in [0.29, 0.717) is 12.2 Å². The van der Waals surface area contributed by atoms with Crippen LogP contribution < -0.4 is 4.74 Å². The van der Waals surface area contributed by atoms with Crippen LogP contribution in [0, 0.1) is 23.1 Å². The molecule has 0 amide bonds. The largest absolute Gasteiger partial charge is 0.496 e. The minimum absolute atomic E-state index is 0.121. The number of carbonyl (C=O) groups excluding carboxylic acids is 1. The van der Waals surface area contributed by atoms with Crippen LogP contribution in [0.25, 0.3) is 0 Å². The van der Waals surface area contributed by atoms with E-state index in [-0.39, 0.29) is 5.56 Å². The molecule has 0 N–H and O–H groups in total. The number of hydrogen-bond acceptors (Lipinski definition) is 3. The van der Waals surface area contributed by atoms with Gasteiger partial charge in [0.05, 0.1) is 18.7 Å². The van der Waals surface area contributed by atoms with Crippen LogP contribution in [0.2, 0.25) is 0 Å². The van der Waals surface area contributed by atoms with Gasteiger partial charge in [0.1, 0.15) is 17.5 Å². The number of carbonyl (C=O) groups is 1. The zero-order chi connectivity index (χ0) is 12.1. The predicted octanol–water partition coefficient (Wildman–Crippen LogP) is 2.57. The number of methoxy groups -OCH3 is 1. The Hall–Kier alpha value is -1.89. The molecule has 1 unspecified atom stereocenters. The Morgan fingerprint density at radius 2 is 2.31 bits per heavy atom. The SMILES string of the molecule is CCC(C#N)C(=O)c1cc(F)ccc1OC. The average molecular weight is 221 g/mol. The van der Waals surface area contributed by atoms with Gasteiger partial charge in [0.25, 0.3) is 0 Å². The van der Waals surface area contributed by atoms with Crippen LogP contribution >= 0.6 is 0 Å². The van der Waals surface area contributed by atoms with Gasteiger partial charge in [-0.3, -0.25) is 4.79 Å². The van der Waals surface area contributed by atoms with Crippen molar-refractivity contribution in [2.45, 2.75) is 13.3 Å². The molecular weight excluding hydrogens is 209 g/mol. The first kappa shape index (κ1) is 12.2. The monoisotopic (exact) mass is 221 g/mol. The lowest BCUT2D eigenvalue weighted by molar-refractivity contribution is 0.0943. The molecule has 1 aromatic carbocycles. The minimum Gasteiger partial charge on any atom is -0.496 e. The topological polar surface area (TPSA) is 50.1 Å². The van der Waals surface area contributed by atoms with E-state index < -0.39 is 17.5 Å². The summed E-state index contributed by atoms with van der Waals surface area (Å²) in [7, 11) is 1.40. The normalized spacial score (nSPS) is 11.6. The second-order valence-corrected chi connectivity index (χ2v) is 3.30. The smallest absolute Gasteiger partial charge is 0.183 e. The summed E-state index contributed by atoms with van der Waals surface area (Å²) >= 11 is 0. The number of ether oxygens (including phenoxy) is 1. The van der Waals surface area contributed by atoms with Gasteiger partial charge in [-0.05, 0) is 24.6 Å². The first-order valence-electron chi connectivity index (χ1n) is 4.91. The lowest BCUT2D eigenvalue weighted by atomic mass is 9.96. The number of Topliss-reactive ketones (excluding diaryl/α,β-unsaturated/α-hetero) is 1. The molecule has 0 aliphatic rings. The highest BCUT2D eigenvalue weighted by Crippen LogP contribution is 2.23. The summed E-state index contributed by atoms with van der Waals surface area (Å²) in [5.41, 5.74) is 0.121. The number of nitrogens with zero attached hydrogens (tertiary/aromatic N) is 1. The predicted molar refractivity (Wildman–Crippen MR) is 56.7 cm³/mol. The summed E-state index contributed by atoms with van der Waals surface area (Å²) in [5.74, 6) is -1.38. The molecule has 3 nitrogen and oxygen atoms in total. The highest BCUT2D eigenvalue weighted by molar-refractivity contribution is 6.01. The van der Waals surface area contributed by atoms with E-state index >= 15 is 0 Å². The summed E-state index contributed by atoms with van der Waals surface area (Å²) in [5, 5.41) is 8.79. The number of halogens is 1. The summed E-state index contributed by atoms with van der Waals surface area (Å²) < 4.78 is 18.0. The van der Waals surface area contributed by atoms with Crippen molar-refractivity contribution in [2.24, 2.45) is 5.92 Å². The maximum Gasteiger partial charge on any atom is 0.183 e. The fraction of sp³-hybridized carbons (Fsp3) is 0.333. The van der Waals surface area contributed by atoms with Gasteiger partial charge in [-0.15, -0.1) is 0 Å². The number of benzene rings is 1. The Balaban J connectivity index is 3.16. The summed E-state index contributed by atoms with van der Waals surface area (Å²) in [4.78, 5) is 11.9. The van der Waals surface area contributed by atoms with Gasteiger partial charge < -0.3 is 4.74 Å². The van der Waals surface area contributed by atoms with E-state index in [1.807, 2.05) is 6.07 Å². The molecule has 0 heterocycles. The van der Waals surface area contributed by atoms with Crippen molar-refractivity contribution < 1.29 is 13.9 Å². The fourth-order valence-corrected chi connectivity index (χ4v) is 1.40. The van der Waals surface area contributed by atoms with Crippen molar-refractivity contribution >= 4 is 5.78 Å². The van der Waals surface area contributed by atoms with Crippen molar-refractivity contribution in [1.29, 1.82) is 5.26 Å². The van der Waals surface area contributed by atoms with Crippen LogP contribution in [0.1, 0.15) is 23.7 Å². The molecule has 0 fully saturated rings. The quantitative estimate of drug-likeness (QED) is 0.734. The molecule has 0 bridgehead atoms. The van der Waals surface area contributed by atoms with Crippen molar-refractivity contribution in [1.82, 2.24) is 0 Å². The van der Waals surface area contributed by atoms with Crippen LogP contribution in [0.15, 0.2) is 18.2 Å².